The standard InChI is InChI=1S/C15H29N3O2/c1-4-15(2,3)17-14(19)13(18-10-7-9-16-18)12-8-5-6-11-20-12/h12-13,16H,4-11H2,1-3H3,(H,17,19). The molecule has 0 aromatic heterocycles. The average molecular weight is 283 g/mol. The Labute approximate surface area is 122 Å². The van der Waals surface area contributed by atoms with Gasteiger partial charge in [-0.05, 0) is 46.0 Å². The number of hydrogen-bond donors (Lipinski definition) is 2. The molecule has 1 amide bonds. The normalized spacial score (nSPS) is 26.4. The van der Waals surface area contributed by atoms with Crippen LogP contribution in [0.4, 0.5) is 0 Å². The number of ether oxygens (including phenoxy) is 1. The number of hydrogen-bond acceptors (Lipinski definition) is 4. The van der Waals surface area contributed by atoms with Gasteiger partial charge in [0.25, 0.3) is 0 Å². The Kier molecular flexibility index (Phi) is 5.41. The topological polar surface area (TPSA) is 53.6 Å². The third kappa shape index (κ3) is 3.93. The Bertz CT molecular complexity index is 321. The van der Waals surface area contributed by atoms with Crippen LogP contribution >= 0.6 is 0 Å². The monoisotopic (exact) mass is 283 g/mol. The lowest BCUT2D eigenvalue weighted by molar-refractivity contribution is -0.138. The minimum Gasteiger partial charge on any atom is -0.376 e. The first-order valence-corrected chi connectivity index (χ1v) is 7.97. The molecule has 2 rings (SSSR count). The highest BCUT2D eigenvalue weighted by atomic mass is 16.5. The van der Waals surface area contributed by atoms with E-state index in [1.165, 1.54) is 0 Å². The maximum Gasteiger partial charge on any atom is 0.241 e. The molecule has 0 saturated carbocycles. The van der Waals surface area contributed by atoms with E-state index in [2.05, 4.69) is 36.5 Å². The van der Waals surface area contributed by atoms with Crippen molar-refractivity contribution in [2.75, 3.05) is 19.7 Å². The molecule has 5 heteroatoms. The highest BCUT2D eigenvalue weighted by molar-refractivity contribution is 5.83. The fourth-order valence-corrected chi connectivity index (χ4v) is 2.81. The third-order valence-corrected chi connectivity index (χ3v) is 4.41. The molecule has 2 aliphatic heterocycles. The Balaban J connectivity index is 2.06. The molecule has 0 aliphatic carbocycles. The van der Waals surface area contributed by atoms with Crippen LogP contribution in [0.5, 0.6) is 0 Å². The van der Waals surface area contributed by atoms with Gasteiger partial charge in [-0.2, -0.15) is 0 Å². The minimum atomic E-state index is -0.205. The van der Waals surface area contributed by atoms with E-state index in [-0.39, 0.29) is 23.6 Å². The lowest BCUT2D eigenvalue weighted by Gasteiger charge is -2.37. The Hall–Kier alpha value is -0.650. The van der Waals surface area contributed by atoms with E-state index in [1.54, 1.807) is 0 Å². The van der Waals surface area contributed by atoms with Gasteiger partial charge >= 0.3 is 0 Å². The molecule has 2 heterocycles. The minimum absolute atomic E-state index is 0.0157. The zero-order chi connectivity index (χ0) is 14.6. The molecular formula is C15H29N3O2. The van der Waals surface area contributed by atoms with Crippen LogP contribution in [0, 0.1) is 0 Å². The first kappa shape index (κ1) is 15.7. The second kappa shape index (κ2) is 6.87. The molecule has 5 nitrogen and oxygen atoms in total. The summed E-state index contributed by atoms with van der Waals surface area (Å²) in [6.07, 6.45) is 5.26. The maximum atomic E-state index is 12.7. The van der Waals surface area contributed by atoms with Crippen molar-refractivity contribution < 1.29 is 9.53 Å². The summed E-state index contributed by atoms with van der Waals surface area (Å²) in [5.41, 5.74) is 3.17. The summed E-state index contributed by atoms with van der Waals surface area (Å²) in [6, 6.07) is -0.205. The lowest BCUT2D eigenvalue weighted by Crippen LogP contribution is -2.60. The van der Waals surface area contributed by atoms with Crippen LogP contribution in [0.2, 0.25) is 0 Å². The molecule has 20 heavy (non-hydrogen) atoms. The van der Waals surface area contributed by atoms with E-state index in [1.807, 2.05) is 0 Å². The van der Waals surface area contributed by atoms with E-state index < -0.39 is 0 Å². The zero-order valence-corrected chi connectivity index (χ0v) is 13.1. The quantitative estimate of drug-likeness (QED) is 0.801. The van der Waals surface area contributed by atoms with Crippen molar-refractivity contribution >= 4 is 5.91 Å². The number of nitrogens with zero attached hydrogens (tertiary/aromatic N) is 1. The van der Waals surface area contributed by atoms with E-state index in [0.717, 1.165) is 51.8 Å². The number of rotatable bonds is 5. The highest BCUT2D eigenvalue weighted by Crippen LogP contribution is 2.21. The third-order valence-electron chi connectivity index (χ3n) is 4.41. The highest BCUT2D eigenvalue weighted by Gasteiger charge is 2.38. The van der Waals surface area contributed by atoms with E-state index >= 15 is 0 Å². The molecule has 2 aliphatic rings. The fourth-order valence-electron chi connectivity index (χ4n) is 2.81. The van der Waals surface area contributed by atoms with Crippen molar-refractivity contribution in [1.82, 2.24) is 15.8 Å². The van der Waals surface area contributed by atoms with Gasteiger partial charge in [0.05, 0.1) is 6.10 Å². The predicted octanol–water partition coefficient (Wildman–Crippen LogP) is 1.44. The summed E-state index contributed by atoms with van der Waals surface area (Å²) in [5, 5.41) is 5.26. The largest absolute Gasteiger partial charge is 0.376 e. The smallest absolute Gasteiger partial charge is 0.241 e. The molecule has 2 saturated heterocycles. The molecule has 2 atom stereocenters. The van der Waals surface area contributed by atoms with Crippen molar-refractivity contribution in [3.8, 4) is 0 Å². The van der Waals surface area contributed by atoms with Gasteiger partial charge in [0, 0.05) is 25.2 Å². The van der Waals surface area contributed by atoms with Crippen LogP contribution in [-0.2, 0) is 9.53 Å². The van der Waals surface area contributed by atoms with Crippen molar-refractivity contribution in [2.45, 2.75) is 70.6 Å². The molecular weight excluding hydrogens is 254 g/mol. The van der Waals surface area contributed by atoms with Crippen LogP contribution < -0.4 is 10.7 Å². The van der Waals surface area contributed by atoms with Gasteiger partial charge in [-0.15, -0.1) is 0 Å². The van der Waals surface area contributed by atoms with Crippen molar-refractivity contribution in [2.24, 2.45) is 0 Å². The van der Waals surface area contributed by atoms with Gasteiger partial charge in [0.15, 0.2) is 0 Å². The van der Waals surface area contributed by atoms with Crippen LogP contribution in [0.15, 0.2) is 0 Å². The molecule has 0 aromatic carbocycles. The Morgan fingerprint density at radius 1 is 1.45 bits per heavy atom. The van der Waals surface area contributed by atoms with Crippen LogP contribution in [0.3, 0.4) is 0 Å². The number of amides is 1. The van der Waals surface area contributed by atoms with Crippen molar-refractivity contribution in [1.29, 1.82) is 0 Å². The molecule has 116 valence electrons. The number of nitrogens with one attached hydrogen (secondary N) is 2. The molecule has 0 aromatic rings. The van der Waals surface area contributed by atoms with Gasteiger partial charge in [-0.3, -0.25) is 10.2 Å². The molecule has 0 bridgehead atoms. The Morgan fingerprint density at radius 3 is 2.80 bits per heavy atom. The summed E-state index contributed by atoms with van der Waals surface area (Å²) < 4.78 is 5.88. The van der Waals surface area contributed by atoms with E-state index in [9.17, 15) is 4.79 Å². The molecule has 2 N–H and O–H groups in total. The zero-order valence-electron chi connectivity index (χ0n) is 13.1. The SMILES string of the molecule is CCC(C)(C)NC(=O)C(C1CCCCO1)N1CCCN1. The summed E-state index contributed by atoms with van der Waals surface area (Å²) in [4.78, 5) is 12.7. The average Bonchev–Trinajstić information content (AvgIpc) is 2.93. The molecule has 0 spiro atoms. The van der Waals surface area contributed by atoms with Gasteiger partial charge in [-0.25, -0.2) is 5.01 Å². The summed E-state index contributed by atoms with van der Waals surface area (Å²) in [5.74, 6) is 0.0955. The van der Waals surface area contributed by atoms with Gasteiger partial charge in [-0.1, -0.05) is 6.92 Å². The Morgan fingerprint density at radius 2 is 2.25 bits per heavy atom. The number of hydrazine groups is 1. The first-order chi connectivity index (χ1) is 9.53. The fraction of sp³-hybridized carbons (Fsp3) is 0.933. The molecule has 2 unspecified atom stereocenters. The van der Waals surface area contributed by atoms with Gasteiger partial charge < -0.3 is 10.1 Å². The van der Waals surface area contributed by atoms with E-state index in [0.29, 0.717) is 0 Å². The summed E-state index contributed by atoms with van der Waals surface area (Å²) in [7, 11) is 0. The number of carbonyl (C=O) groups excluding carboxylic acids is 1. The first-order valence-electron chi connectivity index (χ1n) is 7.97. The second-order valence-electron chi connectivity index (χ2n) is 6.53. The lowest BCUT2D eigenvalue weighted by atomic mass is 9.97. The summed E-state index contributed by atoms with van der Waals surface area (Å²) >= 11 is 0. The van der Waals surface area contributed by atoms with Crippen molar-refractivity contribution in [3.05, 3.63) is 0 Å². The van der Waals surface area contributed by atoms with Crippen LogP contribution in [-0.4, -0.2) is 48.3 Å². The molecule has 2 fully saturated rings. The van der Waals surface area contributed by atoms with Gasteiger partial charge in [0.2, 0.25) is 5.91 Å². The molecule has 0 radical (unpaired) electrons. The number of carbonyl (C=O) groups is 1. The van der Waals surface area contributed by atoms with Gasteiger partial charge in [0.1, 0.15) is 6.04 Å². The predicted molar refractivity (Wildman–Crippen MR) is 79.2 cm³/mol. The second-order valence-corrected chi connectivity index (χ2v) is 6.53. The summed E-state index contributed by atoms with van der Waals surface area (Å²) in [6.45, 7) is 8.89. The van der Waals surface area contributed by atoms with Crippen molar-refractivity contribution in [3.63, 3.8) is 0 Å². The van der Waals surface area contributed by atoms with Crippen LogP contribution in [0.1, 0.15) is 52.9 Å². The van der Waals surface area contributed by atoms with E-state index in [4.69, 9.17) is 4.74 Å². The van der Waals surface area contributed by atoms with Crippen LogP contribution in [0.25, 0.3) is 0 Å². The maximum absolute atomic E-state index is 12.7.